The summed E-state index contributed by atoms with van der Waals surface area (Å²) in [6, 6.07) is 7.82. The number of nitrogens with zero attached hydrogens (tertiary/aromatic N) is 3. The lowest BCUT2D eigenvalue weighted by molar-refractivity contribution is 0.120. The van der Waals surface area contributed by atoms with Gasteiger partial charge in [0.1, 0.15) is 0 Å². The van der Waals surface area contributed by atoms with E-state index in [9.17, 15) is 0 Å². The second-order valence-corrected chi connectivity index (χ2v) is 5.92. The Kier molecular flexibility index (Phi) is 5.60. The molecule has 1 fully saturated rings. The van der Waals surface area contributed by atoms with Crippen molar-refractivity contribution in [3.8, 4) is 0 Å². The van der Waals surface area contributed by atoms with Gasteiger partial charge in [0.15, 0.2) is 5.82 Å². The van der Waals surface area contributed by atoms with Gasteiger partial charge in [-0.25, -0.2) is 0 Å². The van der Waals surface area contributed by atoms with Gasteiger partial charge in [0, 0.05) is 24.7 Å². The fourth-order valence-corrected chi connectivity index (χ4v) is 2.58. The minimum atomic E-state index is 0.270. The third-order valence-corrected chi connectivity index (χ3v) is 3.96. The Labute approximate surface area is 140 Å². The van der Waals surface area contributed by atoms with E-state index in [4.69, 9.17) is 16.3 Å². The highest BCUT2D eigenvalue weighted by Gasteiger charge is 2.15. The summed E-state index contributed by atoms with van der Waals surface area (Å²) in [6.07, 6.45) is 4.99. The molecule has 23 heavy (non-hydrogen) atoms. The molecule has 1 aromatic heterocycles. The first kappa shape index (κ1) is 16.0. The summed E-state index contributed by atoms with van der Waals surface area (Å²) in [7, 11) is 0. The molecule has 0 bridgehead atoms. The van der Waals surface area contributed by atoms with Crippen LogP contribution in [0.2, 0.25) is 5.02 Å². The molecule has 2 aromatic rings. The van der Waals surface area contributed by atoms with Crippen LogP contribution in [-0.4, -0.2) is 41.0 Å². The lowest BCUT2D eigenvalue weighted by atomic mass is 10.1. The Morgan fingerprint density at radius 3 is 2.87 bits per heavy atom. The first-order valence-corrected chi connectivity index (χ1v) is 8.21. The first-order valence-electron chi connectivity index (χ1n) is 7.83. The molecule has 1 unspecified atom stereocenters. The van der Waals surface area contributed by atoms with Crippen LogP contribution in [0, 0.1) is 0 Å². The molecule has 1 saturated heterocycles. The zero-order valence-electron chi connectivity index (χ0n) is 12.8. The summed E-state index contributed by atoms with van der Waals surface area (Å²) < 4.78 is 5.58. The normalized spacial score (nSPS) is 17.2. The van der Waals surface area contributed by atoms with Crippen molar-refractivity contribution in [2.24, 2.45) is 0 Å². The van der Waals surface area contributed by atoms with Crippen molar-refractivity contribution in [1.29, 1.82) is 0 Å². The van der Waals surface area contributed by atoms with E-state index >= 15 is 0 Å². The lowest BCUT2D eigenvalue weighted by Gasteiger charge is -2.11. The summed E-state index contributed by atoms with van der Waals surface area (Å²) in [4.78, 5) is 4.41. The van der Waals surface area contributed by atoms with Crippen LogP contribution in [-0.2, 0) is 11.2 Å². The molecule has 0 aliphatic carbocycles. The number of halogens is 1. The number of hydrogen-bond acceptors (Lipinski definition) is 6. The predicted octanol–water partition coefficient (Wildman–Crippen LogP) is 2.77. The maximum Gasteiger partial charge on any atom is 0.244 e. The highest BCUT2D eigenvalue weighted by molar-refractivity contribution is 6.30. The van der Waals surface area contributed by atoms with E-state index in [0.717, 1.165) is 44.0 Å². The van der Waals surface area contributed by atoms with Gasteiger partial charge >= 0.3 is 0 Å². The van der Waals surface area contributed by atoms with Crippen molar-refractivity contribution < 1.29 is 4.74 Å². The van der Waals surface area contributed by atoms with E-state index < -0.39 is 0 Å². The second kappa shape index (κ2) is 8.08. The SMILES string of the molecule is Clc1ccc(CCNc2nncc(NCC3CCCO3)n2)cc1. The van der Waals surface area contributed by atoms with Crippen molar-refractivity contribution in [3.05, 3.63) is 41.0 Å². The highest BCUT2D eigenvalue weighted by Crippen LogP contribution is 2.13. The van der Waals surface area contributed by atoms with E-state index in [1.807, 2.05) is 24.3 Å². The summed E-state index contributed by atoms with van der Waals surface area (Å²) in [6.45, 7) is 2.34. The van der Waals surface area contributed by atoms with Crippen LogP contribution in [0.15, 0.2) is 30.5 Å². The van der Waals surface area contributed by atoms with Crippen LogP contribution in [0.4, 0.5) is 11.8 Å². The van der Waals surface area contributed by atoms with Crippen molar-refractivity contribution in [2.75, 3.05) is 30.3 Å². The zero-order valence-corrected chi connectivity index (χ0v) is 13.6. The predicted molar refractivity (Wildman–Crippen MR) is 90.9 cm³/mol. The molecule has 7 heteroatoms. The van der Waals surface area contributed by atoms with Gasteiger partial charge in [-0.05, 0) is 37.0 Å². The molecule has 1 aliphatic heterocycles. The number of hydrogen-bond donors (Lipinski definition) is 2. The molecule has 0 saturated carbocycles. The van der Waals surface area contributed by atoms with Crippen LogP contribution < -0.4 is 10.6 Å². The van der Waals surface area contributed by atoms with Gasteiger partial charge in [-0.15, -0.1) is 5.10 Å². The Morgan fingerprint density at radius 1 is 1.22 bits per heavy atom. The van der Waals surface area contributed by atoms with Gasteiger partial charge < -0.3 is 15.4 Å². The van der Waals surface area contributed by atoms with E-state index in [1.165, 1.54) is 5.56 Å². The third kappa shape index (κ3) is 5.04. The number of anilines is 2. The van der Waals surface area contributed by atoms with Crippen LogP contribution in [0.1, 0.15) is 18.4 Å². The lowest BCUT2D eigenvalue weighted by Crippen LogP contribution is -2.19. The molecule has 1 atom stereocenters. The van der Waals surface area contributed by atoms with E-state index in [-0.39, 0.29) is 6.10 Å². The van der Waals surface area contributed by atoms with Gasteiger partial charge in [0.2, 0.25) is 5.95 Å². The molecular formula is C16H20ClN5O. The smallest absolute Gasteiger partial charge is 0.244 e. The van der Waals surface area contributed by atoms with Gasteiger partial charge in [-0.3, -0.25) is 0 Å². The molecule has 6 nitrogen and oxygen atoms in total. The molecule has 122 valence electrons. The van der Waals surface area contributed by atoms with E-state index in [1.54, 1.807) is 6.20 Å². The third-order valence-electron chi connectivity index (χ3n) is 3.70. The number of ether oxygens (including phenoxy) is 1. The fourth-order valence-electron chi connectivity index (χ4n) is 2.46. The van der Waals surface area contributed by atoms with Crippen LogP contribution in [0.5, 0.6) is 0 Å². The standard InChI is InChI=1S/C16H20ClN5O/c17-13-5-3-12(4-6-13)7-8-18-16-21-15(11-20-22-16)19-10-14-2-1-9-23-14/h3-6,11,14H,1-2,7-10H2,(H2,18,19,21,22). The molecule has 0 radical (unpaired) electrons. The quantitative estimate of drug-likeness (QED) is 0.811. The molecule has 3 rings (SSSR count). The van der Waals surface area contributed by atoms with Crippen molar-refractivity contribution in [2.45, 2.75) is 25.4 Å². The minimum absolute atomic E-state index is 0.270. The van der Waals surface area contributed by atoms with E-state index in [2.05, 4.69) is 25.8 Å². The Hall–Kier alpha value is -1.92. The number of nitrogens with one attached hydrogen (secondary N) is 2. The Morgan fingerprint density at radius 2 is 2.09 bits per heavy atom. The highest BCUT2D eigenvalue weighted by atomic mass is 35.5. The van der Waals surface area contributed by atoms with Crippen LogP contribution in [0.25, 0.3) is 0 Å². The molecule has 1 aromatic carbocycles. The van der Waals surface area contributed by atoms with Crippen molar-refractivity contribution >= 4 is 23.4 Å². The monoisotopic (exact) mass is 333 g/mol. The van der Waals surface area contributed by atoms with Gasteiger partial charge in [-0.1, -0.05) is 23.7 Å². The number of rotatable bonds is 7. The number of benzene rings is 1. The fraction of sp³-hybridized carbons (Fsp3) is 0.438. The molecule has 2 N–H and O–H groups in total. The maximum absolute atomic E-state index is 5.88. The number of aromatic nitrogens is 3. The summed E-state index contributed by atoms with van der Waals surface area (Å²) in [5.74, 6) is 1.24. The molecule has 0 amide bonds. The molecule has 2 heterocycles. The van der Waals surface area contributed by atoms with Gasteiger partial charge in [0.05, 0.1) is 12.3 Å². The first-order chi connectivity index (χ1) is 11.3. The Balaban J connectivity index is 1.46. The molecule has 0 spiro atoms. The van der Waals surface area contributed by atoms with E-state index in [0.29, 0.717) is 11.8 Å². The minimum Gasteiger partial charge on any atom is -0.376 e. The van der Waals surface area contributed by atoms with Gasteiger partial charge in [-0.2, -0.15) is 10.1 Å². The van der Waals surface area contributed by atoms with Crippen LogP contribution in [0.3, 0.4) is 0 Å². The molecule has 1 aliphatic rings. The summed E-state index contributed by atoms with van der Waals surface area (Å²) in [5, 5.41) is 15.2. The summed E-state index contributed by atoms with van der Waals surface area (Å²) in [5.41, 5.74) is 1.21. The average molecular weight is 334 g/mol. The average Bonchev–Trinajstić information content (AvgIpc) is 3.09. The topological polar surface area (TPSA) is 72.0 Å². The second-order valence-electron chi connectivity index (χ2n) is 5.48. The van der Waals surface area contributed by atoms with Crippen molar-refractivity contribution in [3.63, 3.8) is 0 Å². The zero-order chi connectivity index (χ0) is 15.9. The van der Waals surface area contributed by atoms with Gasteiger partial charge in [0.25, 0.3) is 0 Å². The van der Waals surface area contributed by atoms with Crippen LogP contribution >= 0.6 is 11.6 Å². The largest absolute Gasteiger partial charge is 0.376 e. The molecular weight excluding hydrogens is 314 g/mol. The summed E-state index contributed by atoms with van der Waals surface area (Å²) >= 11 is 5.88. The maximum atomic E-state index is 5.88. The van der Waals surface area contributed by atoms with Crippen molar-refractivity contribution in [1.82, 2.24) is 15.2 Å². The Bertz CT molecular complexity index is 616.